The molecule has 0 aliphatic carbocycles. The molecule has 1 saturated heterocycles. The molecule has 0 bridgehead atoms. The third kappa shape index (κ3) is 4.72. The second-order valence-electron chi connectivity index (χ2n) is 6.24. The largest absolute Gasteiger partial charge is 0.454 e. The van der Waals surface area contributed by atoms with Crippen molar-refractivity contribution in [2.75, 3.05) is 32.0 Å². The first-order valence-electron chi connectivity index (χ1n) is 8.15. The minimum atomic E-state index is -3.10. The van der Waals surface area contributed by atoms with Crippen molar-refractivity contribution in [1.29, 1.82) is 0 Å². The Labute approximate surface area is 161 Å². The summed E-state index contributed by atoms with van der Waals surface area (Å²) in [5, 5.41) is 0.362. The third-order valence-electron chi connectivity index (χ3n) is 4.35. The van der Waals surface area contributed by atoms with E-state index in [-0.39, 0.29) is 24.3 Å². The maximum atomic E-state index is 12.1. The van der Waals surface area contributed by atoms with Crippen molar-refractivity contribution in [1.82, 2.24) is 4.90 Å². The number of fused-ring (bicyclic) bond motifs is 1. The van der Waals surface area contributed by atoms with Gasteiger partial charge in [0.2, 0.25) is 6.79 Å². The Morgan fingerprint density at radius 3 is 2.85 bits per heavy atom. The zero-order valence-corrected chi connectivity index (χ0v) is 16.1. The van der Waals surface area contributed by atoms with Crippen LogP contribution in [0.1, 0.15) is 12.0 Å². The SMILES string of the molecule is CN(C(=O)COC(=O)/C=C/c1cc(Cl)c2c(c1)OCO2)[C@H]1CCS(=O)(=O)C1. The maximum Gasteiger partial charge on any atom is 0.331 e. The Bertz CT molecular complexity index is 897. The van der Waals surface area contributed by atoms with Crippen molar-refractivity contribution in [2.24, 2.45) is 0 Å². The lowest BCUT2D eigenvalue weighted by Gasteiger charge is -2.22. The number of likely N-dealkylation sites (N-methyl/N-ethyl adjacent to an activating group) is 1. The molecule has 1 aromatic rings. The molecule has 0 N–H and O–H groups in total. The van der Waals surface area contributed by atoms with Crippen LogP contribution >= 0.6 is 11.6 Å². The molecule has 1 amide bonds. The van der Waals surface area contributed by atoms with Crippen molar-refractivity contribution < 1.29 is 32.2 Å². The lowest BCUT2D eigenvalue weighted by molar-refractivity contribution is -0.148. The van der Waals surface area contributed by atoms with Gasteiger partial charge < -0.3 is 19.1 Å². The molecular formula is C17H18ClNO7S. The number of hydrogen-bond donors (Lipinski definition) is 0. The minimum absolute atomic E-state index is 0.0615. The Morgan fingerprint density at radius 2 is 2.15 bits per heavy atom. The molecule has 10 heteroatoms. The summed E-state index contributed by atoms with van der Waals surface area (Å²) in [4.78, 5) is 25.2. The van der Waals surface area contributed by atoms with E-state index in [2.05, 4.69) is 0 Å². The molecule has 0 aromatic heterocycles. The molecule has 1 fully saturated rings. The van der Waals surface area contributed by atoms with E-state index in [4.69, 9.17) is 25.8 Å². The topological polar surface area (TPSA) is 99.2 Å². The van der Waals surface area contributed by atoms with Gasteiger partial charge in [-0.1, -0.05) is 11.6 Å². The number of nitrogens with zero attached hydrogens (tertiary/aromatic N) is 1. The number of sulfone groups is 1. The predicted molar refractivity (Wildman–Crippen MR) is 97.4 cm³/mol. The number of carbonyl (C=O) groups excluding carboxylic acids is 2. The Hall–Kier alpha value is -2.26. The number of benzene rings is 1. The van der Waals surface area contributed by atoms with Gasteiger partial charge in [0.25, 0.3) is 5.91 Å². The van der Waals surface area contributed by atoms with Crippen LogP contribution in [0.4, 0.5) is 0 Å². The summed E-state index contributed by atoms with van der Waals surface area (Å²) in [5.74, 6) is -0.212. The van der Waals surface area contributed by atoms with Gasteiger partial charge in [-0.15, -0.1) is 0 Å². The molecule has 146 valence electrons. The Morgan fingerprint density at radius 1 is 1.37 bits per heavy atom. The summed E-state index contributed by atoms with van der Waals surface area (Å²) in [6.07, 6.45) is 3.04. The predicted octanol–water partition coefficient (Wildman–Crippen LogP) is 1.27. The second kappa shape index (κ2) is 7.77. The van der Waals surface area contributed by atoms with Crippen LogP contribution in [0.3, 0.4) is 0 Å². The van der Waals surface area contributed by atoms with Gasteiger partial charge in [-0.25, -0.2) is 13.2 Å². The molecule has 2 heterocycles. The summed E-state index contributed by atoms with van der Waals surface area (Å²) >= 11 is 6.06. The van der Waals surface area contributed by atoms with Crippen molar-refractivity contribution in [2.45, 2.75) is 12.5 Å². The van der Waals surface area contributed by atoms with Gasteiger partial charge >= 0.3 is 5.97 Å². The molecule has 0 saturated carbocycles. The van der Waals surface area contributed by atoms with Gasteiger partial charge in [0, 0.05) is 19.2 Å². The first-order valence-corrected chi connectivity index (χ1v) is 10.4. The molecule has 0 radical (unpaired) electrons. The van der Waals surface area contributed by atoms with Crippen molar-refractivity contribution in [3.63, 3.8) is 0 Å². The highest BCUT2D eigenvalue weighted by molar-refractivity contribution is 7.91. The van der Waals surface area contributed by atoms with E-state index in [0.717, 1.165) is 0 Å². The third-order valence-corrected chi connectivity index (χ3v) is 6.38. The van der Waals surface area contributed by atoms with E-state index in [1.165, 1.54) is 24.1 Å². The van der Waals surface area contributed by atoms with Crippen LogP contribution < -0.4 is 9.47 Å². The van der Waals surface area contributed by atoms with E-state index >= 15 is 0 Å². The highest BCUT2D eigenvalue weighted by atomic mass is 35.5. The lowest BCUT2D eigenvalue weighted by atomic mass is 10.2. The van der Waals surface area contributed by atoms with E-state index in [1.54, 1.807) is 12.1 Å². The van der Waals surface area contributed by atoms with Crippen LogP contribution in [0.25, 0.3) is 6.08 Å². The summed E-state index contributed by atoms with van der Waals surface area (Å²) in [6.45, 7) is -0.375. The average molecular weight is 416 g/mol. The Balaban J connectivity index is 1.51. The number of halogens is 1. The highest BCUT2D eigenvalue weighted by Crippen LogP contribution is 2.40. The summed E-state index contributed by atoms with van der Waals surface area (Å²) in [7, 11) is -1.59. The van der Waals surface area contributed by atoms with E-state index in [0.29, 0.717) is 28.5 Å². The Kier molecular flexibility index (Phi) is 5.61. The fraction of sp³-hybridized carbons (Fsp3) is 0.412. The van der Waals surface area contributed by atoms with Crippen molar-refractivity contribution in [3.05, 3.63) is 28.8 Å². The van der Waals surface area contributed by atoms with Crippen LogP contribution in [0.2, 0.25) is 5.02 Å². The van der Waals surface area contributed by atoms with Gasteiger partial charge in [0.15, 0.2) is 27.9 Å². The van der Waals surface area contributed by atoms with Crippen LogP contribution in [0.5, 0.6) is 11.5 Å². The van der Waals surface area contributed by atoms with Gasteiger partial charge in [0.05, 0.1) is 16.5 Å². The van der Waals surface area contributed by atoms with Gasteiger partial charge in [-0.2, -0.15) is 0 Å². The molecule has 2 aliphatic heterocycles. The summed E-state index contributed by atoms with van der Waals surface area (Å²) < 4.78 is 38.4. The smallest absolute Gasteiger partial charge is 0.331 e. The minimum Gasteiger partial charge on any atom is -0.454 e. The number of ether oxygens (including phenoxy) is 3. The fourth-order valence-corrected chi connectivity index (χ4v) is 4.86. The molecule has 2 aliphatic rings. The average Bonchev–Trinajstić information content (AvgIpc) is 3.23. The normalized spacial score (nSPS) is 20.0. The van der Waals surface area contributed by atoms with Gasteiger partial charge in [-0.3, -0.25) is 4.79 Å². The van der Waals surface area contributed by atoms with Crippen LogP contribution in [-0.2, 0) is 24.2 Å². The van der Waals surface area contributed by atoms with E-state index in [1.807, 2.05) is 0 Å². The molecule has 3 rings (SSSR count). The molecule has 1 aromatic carbocycles. The molecule has 1 atom stereocenters. The highest BCUT2D eigenvalue weighted by Gasteiger charge is 2.32. The zero-order chi connectivity index (χ0) is 19.6. The molecular weight excluding hydrogens is 398 g/mol. The number of hydrogen-bond acceptors (Lipinski definition) is 7. The number of rotatable bonds is 5. The number of esters is 1. The number of amides is 1. The quantitative estimate of drug-likeness (QED) is 0.527. The molecule has 0 spiro atoms. The molecule has 27 heavy (non-hydrogen) atoms. The fourth-order valence-electron chi connectivity index (χ4n) is 2.82. The van der Waals surface area contributed by atoms with Gasteiger partial charge in [-0.05, 0) is 30.2 Å². The molecule has 8 nitrogen and oxygen atoms in total. The van der Waals surface area contributed by atoms with Crippen LogP contribution in [-0.4, -0.2) is 63.2 Å². The lowest BCUT2D eigenvalue weighted by Crippen LogP contribution is -2.40. The summed E-state index contributed by atoms with van der Waals surface area (Å²) in [6, 6.07) is 2.89. The molecule has 0 unspecified atom stereocenters. The van der Waals surface area contributed by atoms with Crippen molar-refractivity contribution >= 4 is 39.4 Å². The van der Waals surface area contributed by atoms with E-state index in [9.17, 15) is 18.0 Å². The van der Waals surface area contributed by atoms with Crippen molar-refractivity contribution in [3.8, 4) is 11.5 Å². The maximum absolute atomic E-state index is 12.1. The van der Waals surface area contributed by atoms with E-state index < -0.39 is 28.3 Å². The van der Waals surface area contributed by atoms with Crippen LogP contribution in [0.15, 0.2) is 18.2 Å². The zero-order valence-electron chi connectivity index (χ0n) is 14.5. The standard InChI is InChI=1S/C17H18ClNO7S/c1-19(12-4-5-27(22,23)9-12)15(20)8-24-16(21)3-2-11-6-13(18)17-14(7-11)25-10-26-17/h2-3,6-7,12H,4-5,8-10H2,1H3/b3-2+/t12-/m0/s1. The second-order valence-corrected chi connectivity index (χ2v) is 8.87. The summed E-state index contributed by atoms with van der Waals surface area (Å²) in [5.41, 5.74) is 0.612. The first kappa shape index (κ1) is 19.5. The van der Waals surface area contributed by atoms with Gasteiger partial charge in [0.1, 0.15) is 0 Å². The first-order chi connectivity index (χ1) is 12.7. The monoisotopic (exact) mass is 415 g/mol. The van der Waals surface area contributed by atoms with Crippen LogP contribution in [0, 0.1) is 0 Å². The number of carbonyl (C=O) groups is 2.